The van der Waals surface area contributed by atoms with Gasteiger partial charge in [0.15, 0.2) is 0 Å². The van der Waals surface area contributed by atoms with E-state index in [2.05, 4.69) is 5.11 Å². The summed E-state index contributed by atoms with van der Waals surface area (Å²) in [4.78, 5) is 0. The number of nitrogens with one attached hydrogen (secondary N) is 1. The maximum absolute atomic E-state index is 6.95. The average molecular weight is 160 g/mol. The van der Waals surface area contributed by atoms with E-state index in [-0.39, 0.29) is 0 Å². The second kappa shape index (κ2) is 3.81. The molecule has 0 unspecified atom stereocenters. The normalized spacial score (nSPS) is 10.5. The molecule has 0 aliphatic rings. The molecule has 2 heteroatoms. The Bertz CT molecular complexity index is 314. The van der Waals surface area contributed by atoms with Gasteiger partial charge >= 0.3 is 0 Å². The van der Waals surface area contributed by atoms with E-state index in [0.717, 1.165) is 16.8 Å². The number of allylic oxidation sites excluding steroid dienone is 1. The molecular formula is C10H12N2. The zero-order chi connectivity index (χ0) is 8.97. The molecule has 2 nitrogen and oxygen atoms in total. The van der Waals surface area contributed by atoms with Gasteiger partial charge in [0.25, 0.3) is 0 Å². The van der Waals surface area contributed by atoms with Crippen molar-refractivity contribution in [2.24, 2.45) is 5.11 Å². The minimum Gasteiger partial charge on any atom is -0.204 e. The van der Waals surface area contributed by atoms with Crippen LogP contribution < -0.4 is 0 Å². The van der Waals surface area contributed by atoms with E-state index < -0.39 is 0 Å². The van der Waals surface area contributed by atoms with Gasteiger partial charge in [-0.2, -0.15) is 5.11 Å². The van der Waals surface area contributed by atoms with Gasteiger partial charge in [0, 0.05) is 5.56 Å². The number of nitrogens with zero attached hydrogens (tertiary/aromatic N) is 1. The van der Waals surface area contributed by atoms with Crippen LogP contribution in [0, 0.1) is 12.5 Å². The first-order chi connectivity index (χ1) is 5.77. The summed E-state index contributed by atoms with van der Waals surface area (Å²) in [6.45, 7) is 3.95. The van der Waals surface area contributed by atoms with Gasteiger partial charge in [-0.3, -0.25) is 0 Å². The molecule has 0 radical (unpaired) electrons. The summed E-state index contributed by atoms with van der Waals surface area (Å²) in [6, 6.07) is 5.90. The first-order valence-corrected chi connectivity index (χ1v) is 3.88. The molecule has 0 amide bonds. The van der Waals surface area contributed by atoms with E-state index in [4.69, 9.17) is 5.53 Å². The van der Waals surface area contributed by atoms with Crippen molar-refractivity contribution in [2.75, 3.05) is 0 Å². The summed E-state index contributed by atoms with van der Waals surface area (Å²) in [5, 5.41) is 3.45. The molecule has 0 heterocycles. The quantitative estimate of drug-likeness (QED) is 0.640. The van der Waals surface area contributed by atoms with Gasteiger partial charge in [-0.05, 0) is 25.5 Å². The van der Waals surface area contributed by atoms with Crippen LogP contribution in [0.5, 0.6) is 0 Å². The summed E-state index contributed by atoms with van der Waals surface area (Å²) in [6.07, 6.45) is 3.90. The van der Waals surface area contributed by atoms with Crippen molar-refractivity contribution < 1.29 is 0 Å². The van der Waals surface area contributed by atoms with Crippen molar-refractivity contribution >= 4 is 11.8 Å². The Kier molecular flexibility index (Phi) is 2.75. The van der Waals surface area contributed by atoms with Crippen LogP contribution in [0.25, 0.3) is 6.08 Å². The maximum Gasteiger partial charge on any atom is 0.0924 e. The second-order valence-corrected chi connectivity index (χ2v) is 2.67. The van der Waals surface area contributed by atoms with Crippen LogP contribution in [0.3, 0.4) is 0 Å². The molecule has 1 N–H and O–H groups in total. The number of rotatable bonds is 2. The van der Waals surface area contributed by atoms with Gasteiger partial charge in [0.1, 0.15) is 0 Å². The Balaban J connectivity index is 3.19. The highest BCUT2D eigenvalue weighted by Gasteiger charge is 1.96. The van der Waals surface area contributed by atoms with Crippen molar-refractivity contribution in [2.45, 2.75) is 13.8 Å². The van der Waals surface area contributed by atoms with Crippen molar-refractivity contribution in [3.63, 3.8) is 0 Å². The first-order valence-electron chi connectivity index (χ1n) is 3.88. The molecule has 0 spiro atoms. The summed E-state index contributed by atoms with van der Waals surface area (Å²) >= 11 is 0. The van der Waals surface area contributed by atoms with Crippen molar-refractivity contribution in [3.8, 4) is 0 Å². The fourth-order valence-corrected chi connectivity index (χ4v) is 1.07. The van der Waals surface area contributed by atoms with Crippen molar-refractivity contribution in [1.29, 1.82) is 5.53 Å². The molecule has 1 rings (SSSR count). The van der Waals surface area contributed by atoms with E-state index in [1.165, 1.54) is 0 Å². The minimum absolute atomic E-state index is 0.730. The van der Waals surface area contributed by atoms with Crippen molar-refractivity contribution in [3.05, 3.63) is 35.4 Å². The summed E-state index contributed by atoms with van der Waals surface area (Å²) < 4.78 is 0. The van der Waals surface area contributed by atoms with Crippen molar-refractivity contribution in [1.82, 2.24) is 0 Å². The predicted molar refractivity (Wildman–Crippen MR) is 50.7 cm³/mol. The second-order valence-electron chi connectivity index (χ2n) is 2.67. The molecule has 0 bridgehead atoms. The van der Waals surface area contributed by atoms with Crippen LogP contribution in [0.1, 0.15) is 18.1 Å². The number of hydrogen-bond acceptors (Lipinski definition) is 2. The van der Waals surface area contributed by atoms with Gasteiger partial charge < -0.3 is 0 Å². The van der Waals surface area contributed by atoms with Crippen LogP contribution in [0.4, 0.5) is 5.69 Å². The summed E-state index contributed by atoms with van der Waals surface area (Å²) in [5.41, 5.74) is 9.81. The Hall–Kier alpha value is -1.44. The lowest BCUT2D eigenvalue weighted by Crippen LogP contribution is -1.76. The molecule has 1 aromatic carbocycles. The van der Waals surface area contributed by atoms with Crippen LogP contribution in [-0.4, -0.2) is 0 Å². The van der Waals surface area contributed by atoms with E-state index >= 15 is 0 Å². The average Bonchev–Trinajstić information content (AvgIpc) is 2.08. The first kappa shape index (κ1) is 8.65. The smallest absolute Gasteiger partial charge is 0.0924 e. The van der Waals surface area contributed by atoms with Gasteiger partial charge in [0.2, 0.25) is 0 Å². The fraction of sp³-hybridized carbons (Fsp3) is 0.200. The number of hydrogen-bond donors (Lipinski definition) is 1. The number of aryl methyl sites for hydroxylation is 1. The molecule has 12 heavy (non-hydrogen) atoms. The lowest BCUT2D eigenvalue weighted by molar-refractivity contribution is 1.14. The SMILES string of the molecule is C/C=C\c1ccc(C)cc1N=N. The fourth-order valence-electron chi connectivity index (χ4n) is 1.07. The summed E-state index contributed by atoms with van der Waals surface area (Å²) in [7, 11) is 0. The van der Waals surface area contributed by atoms with Crippen LogP contribution in [0.2, 0.25) is 0 Å². The van der Waals surface area contributed by atoms with Crippen LogP contribution >= 0.6 is 0 Å². The van der Waals surface area contributed by atoms with Gasteiger partial charge in [-0.25, -0.2) is 5.53 Å². The molecular weight excluding hydrogens is 148 g/mol. The molecule has 0 saturated heterocycles. The third-order valence-corrected chi connectivity index (χ3v) is 1.65. The monoisotopic (exact) mass is 160 g/mol. The van der Waals surface area contributed by atoms with Gasteiger partial charge in [-0.15, -0.1) is 0 Å². The van der Waals surface area contributed by atoms with Crippen LogP contribution in [0.15, 0.2) is 29.4 Å². The largest absolute Gasteiger partial charge is 0.204 e. The molecule has 0 aliphatic heterocycles. The molecule has 1 aromatic rings. The predicted octanol–water partition coefficient (Wildman–Crippen LogP) is 3.69. The van der Waals surface area contributed by atoms with Gasteiger partial charge in [0.05, 0.1) is 5.69 Å². The standard InChI is InChI=1S/C10H12N2/c1-3-4-9-6-5-8(2)7-10(9)12-11/h3-7,11H,1-2H3/b4-3-,12-11?. The zero-order valence-electron chi connectivity index (χ0n) is 7.33. The van der Waals surface area contributed by atoms with E-state index in [1.54, 1.807) is 0 Å². The van der Waals surface area contributed by atoms with E-state index in [9.17, 15) is 0 Å². The molecule has 0 atom stereocenters. The highest BCUT2D eigenvalue weighted by molar-refractivity contribution is 5.64. The Morgan fingerprint density at radius 3 is 2.75 bits per heavy atom. The van der Waals surface area contributed by atoms with E-state index in [0.29, 0.717) is 0 Å². The molecule has 0 fully saturated rings. The highest BCUT2D eigenvalue weighted by atomic mass is 15.0. The number of benzene rings is 1. The molecule has 0 aromatic heterocycles. The lowest BCUT2D eigenvalue weighted by atomic mass is 10.1. The Morgan fingerprint density at radius 1 is 1.42 bits per heavy atom. The van der Waals surface area contributed by atoms with Crippen LogP contribution in [-0.2, 0) is 0 Å². The minimum atomic E-state index is 0.730. The molecule has 62 valence electrons. The van der Waals surface area contributed by atoms with Gasteiger partial charge in [-0.1, -0.05) is 24.3 Å². The lowest BCUT2D eigenvalue weighted by Gasteiger charge is -1.99. The van der Waals surface area contributed by atoms with E-state index in [1.807, 2.05) is 44.2 Å². The molecule has 0 saturated carbocycles. The zero-order valence-corrected chi connectivity index (χ0v) is 7.33. The highest BCUT2D eigenvalue weighted by Crippen LogP contribution is 2.21. The summed E-state index contributed by atoms with van der Waals surface area (Å²) in [5.74, 6) is 0. The third-order valence-electron chi connectivity index (χ3n) is 1.65. The topological polar surface area (TPSA) is 36.2 Å². The Labute approximate surface area is 72.4 Å². The Morgan fingerprint density at radius 2 is 2.17 bits per heavy atom. The maximum atomic E-state index is 6.95. The molecule has 0 aliphatic carbocycles. The third kappa shape index (κ3) is 1.78.